The average molecular weight is 455 g/mol. The molecule has 0 radical (unpaired) electrons. The van der Waals surface area contributed by atoms with E-state index in [0.717, 1.165) is 0 Å². The summed E-state index contributed by atoms with van der Waals surface area (Å²) in [7, 11) is 0. The number of H-pyrrole nitrogens is 1. The third-order valence-electron chi connectivity index (χ3n) is 4.46. The summed E-state index contributed by atoms with van der Waals surface area (Å²) in [4.78, 5) is 42.3. The van der Waals surface area contributed by atoms with Crippen molar-refractivity contribution in [2.45, 2.75) is 13.0 Å². The molecule has 0 spiro atoms. The Hall–Kier alpha value is -3.99. The molecule has 11 heteroatoms. The fourth-order valence-corrected chi connectivity index (χ4v) is 3.68. The van der Waals surface area contributed by atoms with Crippen molar-refractivity contribution in [2.24, 2.45) is 0 Å². The molecular weight excluding hydrogens is 437 g/mol. The third kappa shape index (κ3) is 5.38. The number of halogens is 1. The average Bonchev–Trinajstić information content (AvgIpc) is 3.36. The van der Waals surface area contributed by atoms with Gasteiger partial charge in [-0.1, -0.05) is 12.1 Å². The number of urea groups is 1. The normalized spacial score (nSPS) is 10.8. The van der Waals surface area contributed by atoms with Gasteiger partial charge in [-0.15, -0.1) is 11.3 Å². The highest BCUT2D eigenvalue weighted by molar-refractivity contribution is 7.13. The lowest BCUT2D eigenvalue weighted by Crippen LogP contribution is -2.28. The first-order valence-corrected chi connectivity index (χ1v) is 10.5. The van der Waals surface area contributed by atoms with E-state index < -0.39 is 11.8 Å². The number of benzene rings is 2. The Labute approximate surface area is 184 Å². The van der Waals surface area contributed by atoms with Crippen molar-refractivity contribution in [3.8, 4) is 0 Å². The molecule has 4 aromatic rings. The number of nitrogens with one attached hydrogen (secondary N) is 4. The van der Waals surface area contributed by atoms with Gasteiger partial charge < -0.3 is 15.1 Å². The van der Waals surface area contributed by atoms with Gasteiger partial charge in [-0.3, -0.25) is 15.1 Å². The molecule has 164 valence electrons. The van der Waals surface area contributed by atoms with Crippen LogP contribution in [0.4, 0.5) is 14.3 Å². The second-order valence-corrected chi connectivity index (χ2v) is 7.67. The Morgan fingerprint density at radius 1 is 1.16 bits per heavy atom. The smallest absolute Gasteiger partial charge is 0.408 e. The van der Waals surface area contributed by atoms with E-state index in [4.69, 9.17) is 4.42 Å². The number of rotatable bonds is 7. The van der Waals surface area contributed by atoms with E-state index in [2.05, 4.69) is 25.9 Å². The van der Waals surface area contributed by atoms with Crippen molar-refractivity contribution in [2.75, 3.05) is 11.9 Å². The van der Waals surface area contributed by atoms with Gasteiger partial charge in [0.15, 0.2) is 10.7 Å². The Bertz CT molecular complexity index is 1330. The number of hydrogen-bond acceptors (Lipinski definition) is 6. The van der Waals surface area contributed by atoms with Crippen molar-refractivity contribution >= 4 is 39.5 Å². The number of oxazole rings is 1. The zero-order chi connectivity index (χ0) is 22.5. The van der Waals surface area contributed by atoms with Crippen LogP contribution in [-0.2, 0) is 13.0 Å². The van der Waals surface area contributed by atoms with Crippen LogP contribution in [0.1, 0.15) is 21.6 Å². The molecule has 0 bridgehead atoms. The van der Waals surface area contributed by atoms with Crippen LogP contribution < -0.4 is 21.7 Å². The van der Waals surface area contributed by atoms with Crippen LogP contribution in [0.5, 0.6) is 0 Å². The SMILES string of the molecule is O=C(NCc1cccc(F)c1)Nc1nc(CCNC(=O)c2ccc3[nH]c(=O)oc3c2)cs1. The molecule has 4 rings (SSSR count). The predicted molar refractivity (Wildman–Crippen MR) is 117 cm³/mol. The van der Waals surface area contributed by atoms with Crippen LogP contribution in [0.2, 0.25) is 0 Å². The van der Waals surface area contributed by atoms with Gasteiger partial charge in [0.25, 0.3) is 5.91 Å². The van der Waals surface area contributed by atoms with Gasteiger partial charge in [-0.2, -0.15) is 0 Å². The van der Waals surface area contributed by atoms with E-state index in [9.17, 15) is 18.8 Å². The number of anilines is 1. The minimum absolute atomic E-state index is 0.186. The third-order valence-corrected chi connectivity index (χ3v) is 5.27. The molecule has 2 aromatic carbocycles. The van der Waals surface area contributed by atoms with Gasteiger partial charge in [0.05, 0.1) is 11.2 Å². The molecule has 0 unspecified atom stereocenters. The van der Waals surface area contributed by atoms with E-state index in [1.165, 1.54) is 29.5 Å². The standard InChI is InChI=1S/C21H18FN5O4S/c22-14-3-1-2-12(8-14)10-24-19(29)27-20-25-15(11-32-20)6-7-23-18(28)13-4-5-16-17(9-13)31-21(30)26-16/h1-5,8-9,11H,6-7,10H2,(H,23,28)(H,26,30)(H2,24,25,27,29). The van der Waals surface area contributed by atoms with Crippen molar-refractivity contribution in [3.05, 3.63) is 81.0 Å². The molecule has 2 heterocycles. The van der Waals surface area contributed by atoms with Crippen molar-refractivity contribution in [3.63, 3.8) is 0 Å². The highest BCUT2D eigenvalue weighted by atomic mass is 32.1. The molecule has 0 aliphatic heterocycles. The van der Waals surface area contributed by atoms with E-state index in [0.29, 0.717) is 46.0 Å². The summed E-state index contributed by atoms with van der Waals surface area (Å²) in [6.07, 6.45) is 0.469. The quantitative estimate of drug-likeness (QED) is 0.340. The first-order chi connectivity index (χ1) is 15.5. The summed E-state index contributed by atoms with van der Waals surface area (Å²) in [5, 5.41) is 10.2. The maximum Gasteiger partial charge on any atom is 0.417 e. The van der Waals surface area contributed by atoms with Crippen LogP contribution in [0.3, 0.4) is 0 Å². The summed E-state index contributed by atoms with van der Waals surface area (Å²) in [5.41, 5.74) is 2.56. The highest BCUT2D eigenvalue weighted by Crippen LogP contribution is 2.16. The van der Waals surface area contributed by atoms with Crippen molar-refractivity contribution in [1.29, 1.82) is 0 Å². The molecule has 0 saturated carbocycles. The number of thiazole rings is 1. The monoisotopic (exact) mass is 455 g/mol. The minimum atomic E-state index is -0.576. The fourth-order valence-electron chi connectivity index (χ4n) is 2.94. The lowest BCUT2D eigenvalue weighted by atomic mass is 10.2. The number of aromatic amines is 1. The van der Waals surface area contributed by atoms with Gasteiger partial charge in [-0.25, -0.2) is 19.0 Å². The predicted octanol–water partition coefficient (Wildman–Crippen LogP) is 3.01. The zero-order valence-corrected chi connectivity index (χ0v) is 17.4. The number of amides is 3. The summed E-state index contributed by atoms with van der Waals surface area (Å²) in [5.74, 6) is -1.24. The summed E-state index contributed by atoms with van der Waals surface area (Å²) < 4.78 is 18.1. The Balaban J connectivity index is 1.23. The van der Waals surface area contributed by atoms with E-state index in [1.807, 2.05) is 0 Å². The van der Waals surface area contributed by atoms with Crippen LogP contribution in [-0.4, -0.2) is 28.5 Å². The Morgan fingerprint density at radius 3 is 2.88 bits per heavy atom. The molecule has 9 nitrogen and oxygen atoms in total. The Kier molecular flexibility index (Phi) is 6.26. The van der Waals surface area contributed by atoms with Gasteiger partial charge >= 0.3 is 11.8 Å². The van der Waals surface area contributed by atoms with Crippen LogP contribution in [0.25, 0.3) is 11.1 Å². The number of hydrogen-bond donors (Lipinski definition) is 4. The molecule has 2 aromatic heterocycles. The minimum Gasteiger partial charge on any atom is -0.408 e. The van der Waals surface area contributed by atoms with Crippen LogP contribution in [0.15, 0.2) is 57.1 Å². The summed E-state index contributed by atoms with van der Waals surface area (Å²) in [6, 6.07) is 10.2. The molecule has 4 N–H and O–H groups in total. The largest absolute Gasteiger partial charge is 0.417 e. The molecular formula is C21H18FN5O4S. The maximum atomic E-state index is 13.2. The fraction of sp³-hybridized carbons (Fsp3) is 0.143. The molecule has 0 aliphatic carbocycles. The second-order valence-electron chi connectivity index (χ2n) is 6.81. The van der Waals surface area contributed by atoms with Crippen LogP contribution >= 0.6 is 11.3 Å². The summed E-state index contributed by atoms with van der Waals surface area (Å²) in [6.45, 7) is 0.523. The molecule has 0 saturated heterocycles. The number of fused-ring (bicyclic) bond motifs is 1. The number of nitrogens with zero attached hydrogens (tertiary/aromatic N) is 1. The molecule has 32 heavy (non-hydrogen) atoms. The van der Waals surface area contributed by atoms with Gasteiger partial charge in [-0.05, 0) is 35.9 Å². The molecule has 0 aliphatic rings. The lowest BCUT2D eigenvalue weighted by molar-refractivity contribution is 0.0954. The highest BCUT2D eigenvalue weighted by Gasteiger charge is 2.10. The molecule has 3 amide bonds. The van der Waals surface area contributed by atoms with Crippen LogP contribution in [0, 0.1) is 5.82 Å². The number of carbonyl (C=O) groups excluding carboxylic acids is 2. The topological polar surface area (TPSA) is 129 Å². The molecule has 0 atom stereocenters. The first-order valence-electron chi connectivity index (χ1n) is 9.61. The number of carbonyl (C=O) groups is 2. The van der Waals surface area contributed by atoms with Gasteiger partial charge in [0.1, 0.15) is 5.82 Å². The van der Waals surface area contributed by atoms with Crippen molar-refractivity contribution in [1.82, 2.24) is 20.6 Å². The van der Waals surface area contributed by atoms with E-state index >= 15 is 0 Å². The van der Waals surface area contributed by atoms with Gasteiger partial charge in [0.2, 0.25) is 0 Å². The Morgan fingerprint density at radius 2 is 2.03 bits per heavy atom. The van der Waals surface area contributed by atoms with E-state index in [1.54, 1.807) is 29.6 Å². The van der Waals surface area contributed by atoms with E-state index in [-0.39, 0.29) is 18.3 Å². The first kappa shape index (κ1) is 21.2. The number of aromatic nitrogens is 2. The maximum absolute atomic E-state index is 13.2. The molecule has 0 fully saturated rings. The lowest BCUT2D eigenvalue weighted by Gasteiger charge is -2.06. The zero-order valence-electron chi connectivity index (χ0n) is 16.6. The van der Waals surface area contributed by atoms with Gasteiger partial charge in [0, 0.05) is 30.5 Å². The second kappa shape index (κ2) is 9.43. The summed E-state index contributed by atoms with van der Waals surface area (Å²) >= 11 is 1.26. The van der Waals surface area contributed by atoms with Crippen molar-refractivity contribution < 1.29 is 18.4 Å².